The van der Waals surface area contributed by atoms with E-state index in [2.05, 4.69) is 25.4 Å². The lowest BCUT2D eigenvalue weighted by Crippen LogP contribution is -2.42. The number of tetrazole rings is 1. The number of aromatic nitrogens is 5. The number of rotatable bonds is 4. The number of likely N-dealkylation sites (tertiary alicyclic amines) is 1. The molecule has 1 aliphatic heterocycles. The number of aliphatic hydroxyl groups is 1. The Balaban J connectivity index is 0.00000196. The van der Waals surface area contributed by atoms with Gasteiger partial charge in [0.15, 0.2) is 5.82 Å². The molecule has 0 unspecified atom stereocenters. The van der Waals surface area contributed by atoms with Crippen LogP contribution in [0, 0.1) is 0 Å². The molecule has 1 aliphatic carbocycles. The van der Waals surface area contributed by atoms with Crippen LogP contribution in [0.25, 0.3) is 0 Å². The summed E-state index contributed by atoms with van der Waals surface area (Å²) in [7, 11) is 0. The first kappa shape index (κ1) is 19.2. The minimum atomic E-state index is -0.764. The molecule has 1 saturated heterocycles. The van der Waals surface area contributed by atoms with Crippen molar-refractivity contribution in [1.29, 1.82) is 0 Å². The molecule has 4 rings (SSSR count). The predicted octanol–water partition coefficient (Wildman–Crippen LogP) is 2.48. The molecule has 0 bridgehead atoms. The lowest BCUT2D eigenvalue weighted by atomic mass is 9.85. The maximum absolute atomic E-state index is 10.9. The molecule has 2 aromatic rings. The van der Waals surface area contributed by atoms with Gasteiger partial charge in [0.05, 0.1) is 18.2 Å². The summed E-state index contributed by atoms with van der Waals surface area (Å²) in [6.45, 7) is 2.43. The fraction of sp³-hybridized carbons (Fsp3) is 0.667. The van der Waals surface area contributed by atoms with Gasteiger partial charge in [0, 0.05) is 31.0 Å². The first-order valence-electron chi connectivity index (χ1n) is 9.37. The molecule has 7 nitrogen and oxygen atoms in total. The molecule has 3 heterocycles. The van der Waals surface area contributed by atoms with Crippen molar-refractivity contribution in [3.8, 4) is 0 Å². The molecule has 0 aromatic carbocycles. The largest absolute Gasteiger partial charge is 0.385 e. The number of halogens is 1. The van der Waals surface area contributed by atoms with E-state index in [1.54, 1.807) is 12.4 Å². The summed E-state index contributed by atoms with van der Waals surface area (Å²) in [4.78, 5) is 6.49. The first-order valence-corrected chi connectivity index (χ1v) is 9.37. The summed E-state index contributed by atoms with van der Waals surface area (Å²) in [6, 6.07) is 4.31. The quantitative estimate of drug-likeness (QED) is 0.880. The maximum Gasteiger partial charge on any atom is 0.165 e. The maximum atomic E-state index is 10.9. The van der Waals surface area contributed by atoms with Gasteiger partial charge in [0.25, 0.3) is 0 Å². The zero-order chi connectivity index (χ0) is 17.1. The fourth-order valence-corrected chi connectivity index (χ4v) is 4.13. The van der Waals surface area contributed by atoms with Crippen molar-refractivity contribution < 1.29 is 5.11 Å². The van der Waals surface area contributed by atoms with E-state index in [4.69, 9.17) is 0 Å². The summed E-state index contributed by atoms with van der Waals surface area (Å²) in [5.74, 6) is 0.957. The highest BCUT2D eigenvalue weighted by Crippen LogP contribution is 2.33. The first-order chi connectivity index (χ1) is 12.2. The molecule has 142 valence electrons. The van der Waals surface area contributed by atoms with Gasteiger partial charge in [-0.05, 0) is 42.2 Å². The Labute approximate surface area is 160 Å². The molecule has 26 heavy (non-hydrogen) atoms. The van der Waals surface area contributed by atoms with Gasteiger partial charge < -0.3 is 5.11 Å². The molecule has 2 fully saturated rings. The second kappa shape index (κ2) is 8.41. The van der Waals surface area contributed by atoms with Gasteiger partial charge >= 0.3 is 0 Å². The van der Waals surface area contributed by atoms with Crippen LogP contribution in [0.1, 0.15) is 62.4 Å². The molecule has 8 heteroatoms. The average Bonchev–Trinajstić information content (AvgIpc) is 3.13. The van der Waals surface area contributed by atoms with Gasteiger partial charge in [-0.25, -0.2) is 4.68 Å². The molecule has 2 aromatic heterocycles. The van der Waals surface area contributed by atoms with Crippen molar-refractivity contribution in [2.75, 3.05) is 13.1 Å². The Morgan fingerprint density at radius 2 is 1.92 bits per heavy atom. The van der Waals surface area contributed by atoms with E-state index in [0.29, 0.717) is 18.9 Å². The smallest absolute Gasteiger partial charge is 0.165 e. The van der Waals surface area contributed by atoms with Crippen LogP contribution >= 0.6 is 12.4 Å². The van der Waals surface area contributed by atoms with Crippen LogP contribution < -0.4 is 0 Å². The number of nitrogens with zero attached hydrogens (tertiary/aromatic N) is 6. The normalized spacial score (nSPS) is 21.3. The zero-order valence-corrected chi connectivity index (χ0v) is 15.8. The molecular formula is C18H27ClN6O. The third-order valence-corrected chi connectivity index (χ3v) is 5.73. The summed E-state index contributed by atoms with van der Waals surface area (Å²) >= 11 is 0. The Bertz CT molecular complexity index is 680. The second-order valence-electron chi connectivity index (χ2n) is 7.38. The van der Waals surface area contributed by atoms with Crippen LogP contribution in [0.3, 0.4) is 0 Å². The number of pyridine rings is 1. The van der Waals surface area contributed by atoms with E-state index < -0.39 is 5.60 Å². The van der Waals surface area contributed by atoms with Gasteiger partial charge in [-0.1, -0.05) is 25.3 Å². The highest BCUT2D eigenvalue weighted by molar-refractivity contribution is 5.85. The molecule has 0 atom stereocenters. The van der Waals surface area contributed by atoms with Crippen molar-refractivity contribution in [3.63, 3.8) is 0 Å². The molecule has 2 aliphatic rings. The van der Waals surface area contributed by atoms with Crippen LogP contribution in [-0.4, -0.2) is 48.3 Å². The highest BCUT2D eigenvalue weighted by atomic mass is 35.5. The monoisotopic (exact) mass is 378 g/mol. The van der Waals surface area contributed by atoms with Gasteiger partial charge in [0.2, 0.25) is 0 Å². The third kappa shape index (κ3) is 4.05. The summed E-state index contributed by atoms with van der Waals surface area (Å²) in [5.41, 5.74) is 0.154. The molecule has 1 saturated carbocycles. The minimum absolute atomic E-state index is 0. The van der Waals surface area contributed by atoms with E-state index in [0.717, 1.165) is 31.0 Å². The van der Waals surface area contributed by atoms with Crippen molar-refractivity contribution in [2.45, 2.75) is 63.1 Å². The Morgan fingerprint density at radius 3 is 2.62 bits per heavy atom. The lowest BCUT2D eigenvalue weighted by Gasteiger charge is -2.38. The standard InChI is InChI=1S/C18H26N6O.ClH/c25-18(15-5-4-10-19-13-15)8-11-23(12-9-18)14-17-20-21-22-24(17)16-6-2-1-3-7-16;/h4-5,10,13,16,25H,1-3,6-9,11-12,14H2;1H. The van der Waals surface area contributed by atoms with Crippen LogP contribution in [-0.2, 0) is 12.1 Å². The number of hydrogen-bond acceptors (Lipinski definition) is 6. The number of hydrogen-bond donors (Lipinski definition) is 1. The molecule has 0 amide bonds. The van der Waals surface area contributed by atoms with Crippen LogP contribution in [0.2, 0.25) is 0 Å². The van der Waals surface area contributed by atoms with E-state index in [9.17, 15) is 5.11 Å². The van der Waals surface area contributed by atoms with Crippen LogP contribution in [0.15, 0.2) is 24.5 Å². The van der Waals surface area contributed by atoms with Gasteiger partial charge in [-0.15, -0.1) is 17.5 Å². The molecule has 0 spiro atoms. The van der Waals surface area contributed by atoms with Gasteiger partial charge in [-0.2, -0.15) is 0 Å². The van der Waals surface area contributed by atoms with Crippen molar-refractivity contribution in [3.05, 3.63) is 35.9 Å². The summed E-state index contributed by atoms with van der Waals surface area (Å²) in [6.07, 6.45) is 11.2. The van der Waals surface area contributed by atoms with E-state index in [-0.39, 0.29) is 12.4 Å². The zero-order valence-electron chi connectivity index (χ0n) is 15.0. The van der Waals surface area contributed by atoms with E-state index in [1.165, 1.54) is 32.1 Å². The molecule has 1 N–H and O–H groups in total. The van der Waals surface area contributed by atoms with E-state index >= 15 is 0 Å². The predicted molar refractivity (Wildman–Crippen MR) is 99.8 cm³/mol. The lowest BCUT2D eigenvalue weighted by molar-refractivity contribution is -0.0288. The minimum Gasteiger partial charge on any atom is -0.385 e. The molecular weight excluding hydrogens is 352 g/mol. The fourth-order valence-electron chi connectivity index (χ4n) is 4.13. The summed E-state index contributed by atoms with van der Waals surface area (Å²) < 4.78 is 2.04. The highest BCUT2D eigenvalue weighted by Gasteiger charge is 2.34. The SMILES string of the molecule is Cl.OC1(c2cccnc2)CCN(Cc2nnnn2C2CCCCC2)CC1. The van der Waals surface area contributed by atoms with Crippen molar-refractivity contribution in [1.82, 2.24) is 30.1 Å². The van der Waals surface area contributed by atoms with Crippen LogP contribution in [0.4, 0.5) is 0 Å². The average molecular weight is 379 g/mol. The Morgan fingerprint density at radius 1 is 1.15 bits per heavy atom. The molecule has 0 radical (unpaired) electrons. The van der Waals surface area contributed by atoms with E-state index in [1.807, 2.05) is 16.8 Å². The van der Waals surface area contributed by atoms with Crippen LogP contribution in [0.5, 0.6) is 0 Å². The topological polar surface area (TPSA) is 80.0 Å². The second-order valence-corrected chi connectivity index (χ2v) is 7.38. The van der Waals surface area contributed by atoms with Gasteiger partial charge in [-0.3, -0.25) is 9.88 Å². The Hall–Kier alpha value is -1.57. The third-order valence-electron chi connectivity index (χ3n) is 5.73. The number of piperidine rings is 1. The van der Waals surface area contributed by atoms with Crippen molar-refractivity contribution >= 4 is 12.4 Å². The van der Waals surface area contributed by atoms with Gasteiger partial charge in [0.1, 0.15) is 0 Å². The summed E-state index contributed by atoms with van der Waals surface area (Å²) in [5, 5.41) is 23.4. The van der Waals surface area contributed by atoms with Crippen molar-refractivity contribution in [2.24, 2.45) is 0 Å². The Kier molecular flexibility index (Phi) is 6.21.